The molecule has 0 fully saturated rings. The van der Waals surface area contributed by atoms with Crippen LogP contribution in [-0.2, 0) is 17.6 Å². The second-order valence-electron chi connectivity index (χ2n) is 5.12. The third-order valence-electron chi connectivity index (χ3n) is 2.77. The van der Waals surface area contributed by atoms with Crippen molar-refractivity contribution < 1.29 is 9.32 Å². The molecule has 20 heavy (non-hydrogen) atoms. The van der Waals surface area contributed by atoms with Crippen molar-refractivity contribution in [2.24, 2.45) is 0 Å². The van der Waals surface area contributed by atoms with Crippen LogP contribution in [0.4, 0.5) is 0 Å². The Hall–Kier alpha value is -2.17. The summed E-state index contributed by atoms with van der Waals surface area (Å²) in [5.74, 6) is 1.29. The Labute approximate surface area is 118 Å². The summed E-state index contributed by atoms with van der Waals surface area (Å²) in [6.07, 6.45) is 1.04. The molecule has 0 spiro atoms. The van der Waals surface area contributed by atoms with Crippen LogP contribution < -0.4 is 5.32 Å². The summed E-state index contributed by atoms with van der Waals surface area (Å²) in [5.41, 5.74) is 2.09. The molecule has 5 nitrogen and oxygen atoms in total. The van der Waals surface area contributed by atoms with Crippen molar-refractivity contribution in [1.29, 1.82) is 0 Å². The lowest BCUT2D eigenvalue weighted by Crippen LogP contribution is -2.31. The fourth-order valence-electron chi connectivity index (χ4n) is 1.93. The van der Waals surface area contributed by atoms with E-state index in [0.29, 0.717) is 24.6 Å². The van der Waals surface area contributed by atoms with Gasteiger partial charge in [-0.15, -0.1) is 0 Å². The van der Waals surface area contributed by atoms with Crippen LogP contribution in [0.2, 0.25) is 0 Å². The fourth-order valence-corrected chi connectivity index (χ4v) is 1.93. The van der Waals surface area contributed by atoms with E-state index in [0.717, 1.165) is 11.1 Å². The number of nitrogens with zero attached hydrogens (tertiary/aromatic N) is 2. The van der Waals surface area contributed by atoms with Crippen LogP contribution in [-0.4, -0.2) is 22.1 Å². The van der Waals surface area contributed by atoms with Gasteiger partial charge in [0.15, 0.2) is 5.82 Å². The molecule has 2 aromatic rings. The number of amides is 1. The average molecular weight is 273 g/mol. The highest BCUT2D eigenvalue weighted by Gasteiger charge is 2.06. The highest BCUT2D eigenvalue weighted by atomic mass is 16.5. The summed E-state index contributed by atoms with van der Waals surface area (Å²) in [4.78, 5) is 15.8. The highest BCUT2D eigenvalue weighted by molar-refractivity contribution is 5.78. The minimum atomic E-state index is 0.0431. The zero-order valence-electron chi connectivity index (χ0n) is 12.0. The fraction of sp³-hybridized carbons (Fsp3) is 0.400. The zero-order valence-corrected chi connectivity index (χ0v) is 12.0. The summed E-state index contributed by atoms with van der Waals surface area (Å²) in [5, 5.41) is 6.74. The number of aryl methyl sites for hydroxylation is 1. The molecule has 0 saturated heterocycles. The molecule has 1 heterocycles. The van der Waals surface area contributed by atoms with E-state index in [9.17, 15) is 4.79 Å². The van der Waals surface area contributed by atoms with Gasteiger partial charge in [-0.2, -0.15) is 4.98 Å². The van der Waals surface area contributed by atoms with E-state index in [2.05, 4.69) is 15.5 Å². The molecule has 106 valence electrons. The summed E-state index contributed by atoms with van der Waals surface area (Å²) in [6.45, 7) is 5.68. The summed E-state index contributed by atoms with van der Waals surface area (Å²) in [7, 11) is 0. The Morgan fingerprint density at radius 3 is 2.45 bits per heavy atom. The first-order valence-electron chi connectivity index (χ1n) is 6.69. The van der Waals surface area contributed by atoms with Gasteiger partial charge in [0, 0.05) is 19.4 Å². The van der Waals surface area contributed by atoms with Crippen molar-refractivity contribution in [3.05, 3.63) is 47.1 Å². The number of carbonyl (C=O) groups excluding carboxylic acids is 1. The minimum absolute atomic E-state index is 0.0431. The first-order chi connectivity index (χ1) is 9.52. The van der Waals surface area contributed by atoms with Gasteiger partial charge in [-0.1, -0.05) is 29.4 Å². The molecular formula is C15H19N3O2. The quantitative estimate of drug-likeness (QED) is 0.905. The van der Waals surface area contributed by atoms with Gasteiger partial charge in [-0.3, -0.25) is 4.79 Å². The molecule has 0 aliphatic rings. The Morgan fingerprint density at radius 2 is 1.90 bits per heavy atom. The Balaban J connectivity index is 1.94. The number of hydrogen-bond acceptors (Lipinski definition) is 4. The maximum Gasteiger partial charge on any atom is 0.224 e. The molecule has 0 saturated carbocycles. The van der Waals surface area contributed by atoms with Gasteiger partial charge in [0.25, 0.3) is 0 Å². The van der Waals surface area contributed by atoms with Crippen molar-refractivity contribution in [3.8, 4) is 0 Å². The summed E-state index contributed by atoms with van der Waals surface area (Å²) in [6, 6.07) is 8.07. The van der Waals surface area contributed by atoms with Crippen molar-refractivity contribution in [3.63, 3.8) is 0 Å². The Morgan fingerprint density at radius 1 is 1.25 bits per heavy atom. The second kappa shape index (κ2) is 6.32. The Kier molecular flexibility index (Phi) is 4.50. The van der Waals surface area contributed by atoms with Crippen LogP contribution in [0.3, 0.4) is 0 Å². The number of carbonyl (C=O) groups is 1. The van der Waals surface area contributed by atoms with E-state index >= 15 is 0 Å². The van der Waals surface area contributed by atoms with E-state index in [1.807, 2.05) is 38.1 Å². The van der Waals surface area contributed by atoms with E-state index in [1.54, 1.807) is 6.92 Å². The van der Waals surface area contributed by atoms with E-state index in [-0.39, 0.29) is 11.9 Å². The molecule has 5 heteroatoms. The first kappa shape index (κ1) is 14.2. The number of rotatable bonds is 5. The molecule has 1 N–H and O–H groups in total. The van der Waals surface area contributed by atoms with Crippen molar-refractivity contribution >= 4 is 5.91 Å². The third kappa shape index (κ3) is 4.19. The molecule has 0 aliphatic carbocycles. The highest BCUT2D eigenvalue weighted by Crippen LogP contribution is 2.09. The van der Waals surface area contributed by atoms with Gasteiger partial charge in [0.1, 0.15) is 0 Å². The lowest BCUT2D eigenvalue weighted by Gasteiger charge is -2.08. The van der Waals surface area contributed by atoms with Crippen LogP contribution in [0, 0.1) is 6.92 Å². The summed E-state index contributed by atoms with van der Waals surface area (Å²) < 4.78 is 4.94. The van der Waals surface area contributed by atoms with Crippen molar-refractivity contribution in [1.82, 2.24) is 15.5 Å². The van der Waals surface area contributed by atoms with E-state index in [1.165, 1.54) is 0 Å². The van der Waals surface area contributed by atoms with Crippen LogP contribution in [0.25, 0.3) is 0 Å². The monoisotopic (exact) mass is 273 g/mol. The molecule has 0 aliphatic heterocycles. The number of aromatic nitrogens is 2. The SMILES string of the molecule is Cc1nc(Cc2ccc(CC(=O)NC(C)C)cc2)no1. The van der Waals surface area contributed by atoms with Crippen molar-refractivity contribution in [2.75, 3.05) is 0 Å². The van der Waals surface area contributed by atoms with Gasteiger partial charge in [0.05, 0.1) is 6.42 Å². The lowest BCUT2D eigenvalue weighted by molar-refractivity contribution is -0.120. The third-order valence-corrected chi connectivity index (χ3v) is 2.77. The number of hydrogen-bond donors (Lipinski definition) is 1. The van der Waals surface area contributed by atoms with Gasteiger partial charge in [-0.25, -0.2) is 0 Å². The van der Waals surface area contributed by atoms with Crippen LogP contribution in [0.15, 0.2) is 28.8 Å². The molecule has 0 bridgehead atoms. The number of nitrogens with one attached hydrogen (secondary N) is 1. The maximum absolute atomic E-state index is 11.7. The smallest absolute Gasteiger partial charge is 0.224 e. The largest absolute Gasteiger partial charge is 0.354 e. The first-order valence-corrected chi connectivity index (χ1v) is 6.69. The molecule has 0 atom stereocenters. The predicted octanol–water partition coefficient (Wildman–Crippen LogP) is 2.04. The molecule has 0 radical (unpaired) electrons. The normalized spacial score (nSPS) is 10.8. The maximum atomic E-state index is 11.7. The molecule has 0 unspecified atom stereocenters. The van der Waals surface area contributed by atoms with Gasteiger partial charge in [0.2, 0.25) is 11.8 Å². The van der Waals surface area contributed by atoms with Crippen LogP contribution in [0.1, 0.15) is 36.7 Å². The molecule has 1 aromatic heterocycles. The number of benzene rings is 1. The summed E-state index contributed by atoms with van der Waals surface area (Å²) >= 11 is 0. The van der Waals surface area contributed by atoms with Crippen molar-refractivity contribution in [2.45, 2.75) is 39.7 Å². The molecule has 1 aromatic carbocycles. The van der Waals surface area contributed by atoms with Crippen LogP contribution >= 0.6 is 0 Å². The van der Waals surface area contributed by atoms with E-state index < -0.39 is 0 Å². The van der Waals surface area contributed by atoms with Gasteiger partial charge in [-0.05, 0) is 25.0 Å². The van der Waals surface area contributed by atoms with Gasteiger partial charge < -0.3 is 9.84 Å². The van der Waals surface area contributed by atoms with Crippen LogP contribution in [0.5, 0.6) is 0 Å². The lowest BCUT2D eigenvalue weighted by atomic mass is 10.1. The topological polar surface area (TPSA) is 68.0 Å². The molecular weight excluding hydrogens is 254 g/mol. The average Bonchev–Trinajstić information content (AvgIpc) is 2.76. The molecule has 1 amide bonds. The second-order valence-corrected chi connectivity index (χ2v) is 5.12. The van der Waals surface area contributed by atoms with E-state index in [4.69, 9.17) is 4.52 Å². The standard InChI is InChI=1S/C15H19N3O2/c1-10(2)16-15(19)9-13-6-4-12(5-7-13)8-14-17-11(3)20-18-14/h4-7,10H,8-9H2,1-3H3,(H,16,19). The zero-order chi connectivity index (χ0) is 14.5. The Bertz CT molecular complexity index is 573. The predicted molar refractivity (Wildman–Crippen MR) is 75.3 cm³/mol. The molecule has 2 rings (SSSR count). The minimum Gasteiger partial charge on any atom is -0.354 e. The van der Waals surface area contributed by atoms with Gasteiger partial charge >= 0.3 is 0 Å².